The van der Waals surface area contributed by atoms with Gasteiger partial charge in [-0.2, -0.15) is 0 Å². The number of carbonyl (C=O) groups excluding carboxylic acids is 1. The van der Waals surface area contributed by atoms with Gasteiger partial charge in [0.25, 0.3) is 0 Å². The second-order valence-corrected chi connectivity index (χ2v) is 12.9. The topological polar surface area (TPSA) is 118 Å². The number of carbonyl (C=O) groups is 1. The molecule has 2 aromatic heterocycles. The van der Waals surface area contributed by atoms with E-state index in [0.717, 1.165) is 18.7 Å². The Morgan fingerprint density at radius 1 is 1.15 bits per heavy atom. The molecule has 3 aromatic rings. The van der Waals surface area contributed by atoms with E-state index in [0.29, 0.717) is 48.1 Å². The highest BCUT2D eigenvalue weighted by Crippen LogP contribution is 2.63. The SMILES string of the molecule is CCOc1cncc(-c2ccc(NC(=O)C3(c4cc(N(C)S(=O)(=O)C5CC5)ccn4)[C@@H]4CN(C)C[C@@H]43)cc2)n1. The molecule has 204 valence electrons. The van der Waals surface area contributed by atoms with Crippen LogP contribution in [-0.2, 0) is 20.2 Å². The highest BCUT2D eigenvalue weighted by molar-refractivity contribution is 7.93. The Morgan fingerprint density at radius 2 is 1.87 bits per heavy atom. The summed E-state index contributed by atoms with van der Waals surface area (Å²) in [6.07, 6.45) is 6.25. The van der Waals surface area contributed by atoms with E-state index in [-0.39, 0.29) is 23.0 Å². The molecule has 3 atom stereocenters. The number of aromatic nitrogens is 3. The number of nitrogens with one attached hydrogen (secondary N) is 1. The number of rotatable bonds is 9. The van der Waals surface area contributed by atoms with Crippen LogP contribution in [0, 0.1) is 11.8 Å². The van der Waals surface area contributed by atoms with Crippen LogP contribution >= 0.6 is 0 Å². The minimum Gasteiger partial charge on any atom is -0.477 e. The maximum atomic E-state index is 13.9. The molecule has 0 radical (unpaired) electrons. The molecular formula is C28H32N6O4S. The molecule has 3 aliphatic rings. The number of sulfonamides is 1. The number of hydrogen-bond acceptors (Lipinski definition) is 8. The Hall–Kier alpha value is -3.57. The number of fused-ring (bicyclic) bond motifs is 1. The van der Waals surface area contributed by atoms with Crippen molar-refractivity contribution in [2.45, 2.75) is 30.4 Å². The first-order valence-corrected chi connectivity index (χ1v) is 14.7. The van der Waals surface area contributed by atoms with E-state index in [2.05, 4.69) is 32.2 Å². The van der Waals surface area contributed by atoms with Gasteiger partial charge in [-0.15, -0.1) is 0 Å². The zero-order valence-electron chi connectivity index (χ0n) is 22.2. The normalized spacial score (nSPS) is 24.2. The summed E-state index contributed by atoms with van der Waals surface area (Å²) in [7, 11) is 0.222. The number of amides is 1. The molecule has 1 unspecified atom stereocenters. The van der Waals surface area contributed by atoms with Crippen molar-refractivity contribution >= 4 is 27.3 Å². The standard InChI is InChI=1S/C28H32N6O4S/c1-4-38-26-15-29-14-24(32-26)18-5-7-19(8-6-18)31-27(35)28(22-16-33(2)17-23(22)28)25-13-20(11-12-30-25)34(3)39(36,37)21-9-10-21/h5-8,11-15,21-23H,4,9-10,16-17H2,1-3H3,(H,31,35)/t22-,23+,28?. The first-order valence-electron chi connectivity index (χ1n) is 13.2. The molecule has 1 amide bonds. The fourth-order valence-corrected chi connectivity index (χ4v) is 7.49. The summed E-state index contributed by atoms with van der Waals surface area (Å²) in [5, 5.41) is 2.80. The van der Waals surface area contributed by atoms with Crippen molar-refractivity contribution in [1.82, 2.24) is 19.9 Å². The Bertz CT molecular complexity index is 1500. The second kappa shape index (κ2) is 9.56. The Balaban J connectivity index is 1.26. The van der Waals surface area contributed by atoms with Crippen LogP contribution in [0.1, 0.15) is 25.5 Å². The van der Waals surface area contributed by atoms with Crippen molar-refractivity contribution in [2.75, 3.05) is 43.4 Å². The Morgan fingerprint density at radius 3 is 2.54 bits per heavy atom. The lowest BCUT2D eigenvalue weighted by Crippen LogP contribution is -2.38. The van der Waals surface area contributed by atoms with Crippen molar-refractivity contribution < 1.29 is 17.9 Å². The summed E-state index contributed by atoms with van der Waals surface area (Å²) in [5.41, 5.74) is 2.57. The van der Waals surface area contributed by atoms with Crippen molar-refractivity contribution in [2.24, 2.45) is 11.8 Å². The lowest BCUT2D eigenvalue weighted by Gasteiger charge is -2.25. The zero-order chi connectivity index (χ0) is 27.4. The first-order chi connectivity index (χ1) is 18.7. The number of nitrogens with zero attached hydrogens (tertiary/aromatic N) is 5. The van der Waals surface area contributed by atoms with Gasteiger partial charge in [0.1, 0.15) is 5.41 Å². The quantitative estimate of drug-likeness (QED) is 0.434. The van der Waals surface area contributed by atoms with Gasteiger partial charge in [-0.3, -0.25) is 19.1 Å². The van der Waals surface area contributed by atoms with E-state index in [4.69, 9.17) is 4.74 Å². The molecule has 1 aromatic carbocycles. The van der Waals surface area contributed by atoms with Gasteiger partial charge in [0, 0.05) is 37.6 Å². The molecule has 11 heteroatoms. The highest BCUT2D eigenvalue weighted by Gasteiger charge is 2.73. The number of pyridine rings is 1. The number of likely N-dealkylation sites (tertiary alicyclic amines) is 1. The predicted molar refractivity (Wildman–Crippen MR) is 148 cm³/mol. The molecular weight excluding hydrogens is 516 g/mol. The van der Waals surface area contributed by atoms with Gasteiger partial charge < -0.3 is 15.0 Å². The van der Waals surface area contributed by atoms with E-state index in [1.54, 1.807) is 37.8 Å². The van der Waals surface area contributed by atoms with Crippen molar-refractivity contribution in [3.8, 4) is 17.1 Å². The summed E-state index contributed by atoms with van der Waals surface area (Å²) in [5.74, 6) is 0.580. The number of anilines is 2. The van der Waals surface area contributed by atoms with Crippen LogP contribution < -0.4 is 14.4 Å². The molecule has 0 bridgehead atoms. The van der Waals surface area contributed by atoms with Crippen LogP contribution in [0.2, 0.25) is 0 Å². The molecule has 0 spiro atoms. The smallest absolute Gasteiger partial charge is 0.237 e. The average molecular weight is 549 g/mol. The van der Waals surface area contributed by atoms with Gasteiger partial charge in [0.15, 0.2) is 0 Å². The highest BCUT2D eigenvalue weighted by atomic mass is 32.2. The van der Waals surface area contributed by atoms with Crippen LogP contribution in [0.4, 0.5) is 11.4 Å². The predicted octanol–water partition coefficient (Wildman–Crippen LogP) is 2.93. The molecule has 3 heterocycles. The third-order valence-corrected chi connectivity index (χ3v) is 10.4. The minimum atomic E-state index is -3.41. The third-order valence-electron chi connectivity index (χ3n) is 8.14. The molecule has 3 fully saturated rings. The van der Waals surface area contributed by atoms with E-state index in [9.17, 15) is 13.2 Å². The first kappa shape index (κ1) is 25.7. The lowest BCUT2D eigenvalue weighted by atomic mass is 9.92. The van der Waals surface area contributed by atoms with E-state index < -0.39 is 15.4 Å². The maximum Gasteiger partial charge on any atom is 0.237 e. The largest absolute Gasteiger partial charge is 0.477 e. The number of piperidine rings is 1. The lowest BCUT2D eigenvalue weighted by molar-refractivity contribution is -0.119. The fraction of sp³-hybridized carbons (Fsp3) is 0.429. The molecule has 2 aliphatic carbocycles. The minimum absolute atomic E-state index is 0.117. The van der Waals surface area contributed by atoms with Gasteiger partial charge in [-0.1, -0.05) is 12.1 Å². The molecule has 1 saturated heterocycles. The fourth-order valence-electron chi connectivity index (χ4n) is 5.90. The van der Waals surface area contributed by atoms with Crippen LogP contribution in [0.3, 0.4) is 0 Å². The molecule has 10 nitrogen and oxygen atoms in total. The van der Waals surface area contributed by atoms with Crippen LogP contribution in [0.25, 0.3) is 11.3 Å². The van der Waals surface area contributed by atoms with Gasteiger partial charge in [-0.05, 0) is 62.9 Å². The van der Waals surface area contributed by atoms with Crippen molar-refractivity contribution in [3.05, 3.63) is 60.7 Å². The zero-order valence-corrected chi connectivity index (χ0v) is 23.1. The van der Waals surface area contributed by atoms with E-state index >= 15 is 0 Å². The maximum absolute atomic E-state index is 13.9. The number of hydrogen-bond donors (Lipinski definition) is 1. The molecule has 1 aliphatic heterocycles. The van der Waals surface area contributed by atoms with E-state index in [1.165, 1.54) is 4.31 Å². The van der Waals surface area contributed by atoms with Crippen LogP contribution in [0.5, 0.6) is 5.88 Å². The van der Waals surface area contributed by atoms with Gasteiger partial charge in [0.2, 0.25) is 21.8 Å². The van der Waals surface area contributed by atoms with Gasteiger partial charge in [-0.25, -0.2) is 13.4 Å². The van der Waals surface area contributed by atoms with Gasteiger partial charge >= 0.3 is 0 Å². The summed E-state index contributed by atoms with van der Waals surface area (Å²) < 4.78 is 32.5. The van der Waals surface area contributed by atoms with E-state index in [1.807, 2.05) is 31.2 Å². The summed E-state index contributed by atoms with van der Waals surface area (Å²) >= 11 is 0. The Labute approximate surface area is 228 Å². The summed E-state index contributed by atoms with van der Waals surface area (Å²) in [6, 6.07) is 11.0. The Kier molecular flexibility index (Phi) is 6.30. The van der Waals surface area contributed by atoms with Crippen LogP contribution in [0.15, 0.2) is 55.0 Å². The summed E-state index contributed by atoms with van der Waals surface area (Å²) in [4.78, 5) is 29.5. The molecule has 1 N–H and O–H groups in total. The van der Waals surface area contributed by atoms with Crippen LogP contribution in [-0.4, -0.2) is 73.2 Å². The average Bonchev–Trinajstić information content (AvgIpc) is 3.85. The van der Waals surface area contributed by atoms with Crippen molar-refractivity contribution in [1.29, 1.82) is 0 Å². The molecule has 2 saturated carbocycles. The van der Waals surface area contributed by atoms with Gasteiger partial charge in [0.05, 0.1) is 41.3 Å². The monoisotopic (exact) mass is 548 g/mol. The number of ether oxygens (including phenoxy) is 1. The number of benzene rings is 1. The second-order valence-electron chi connectivity index (χ2n) is 10.6. The summed E-state index contributed by atoms with van der Waals surface area (Å²) in [6.45, 7) is 3.97. The molecule has 39 heavy (non-hydrogen) atoms. The molecule has 6 rings (SSSR count). The third kappa shape index (κ3) is 4.43. The van der Waals surface area contributed by atoms with Crippen molar-refractivity contribution in [3.63, 3.8) is 0 Å².